The number of carbonyl (C=O) groups is 1. The summed E-state index contributed by atoms with van der Waals surface area (Å²) < 4.78 is 52.0. The van der Waals surface area contributed by atoms with Crippen molar-refractivity contribution in [3.05, 3.63) is 72.3 Å². The quantitative estimate of drug-likeness (QED) is 0.432. The van der Waals surface area contributed by atoms with Gasteiger partial charge in [-0.1, -0.05) is 48.6 Å². The Balaban J connectivity index is 1.33. The number of amides is 1. The largest absolute Gasteiger partial charge is 0.494 e. The van der Waals surface area contributed by atoms with Gasteiger partial charge in [0.2, 0.25) is 10.0 Å². The first kappa shape index (κ1) is 32.4. The van der Waals surface area contributed by atoms with Gasteiger partial charge in [0.1, 0.15) is 11.9 Å². The van der Waals surface area contributed by atoms with Crippen LogP contribution in [0.5, 0.6) is 5.75 Å². The average molecular weight is 629 g/mol. The van der Waals surface area contributed by atoms with E-state index in [1.54, 1.807) is 24.3 Å². The molecule has 240 valence electrons. The molecule has 3 heterocycles. The van der Waals surface area contributed by atoms with E-state index in [-0.39, 0.29) is 43.2 Å². The Labute approximate surface area is 260 Å². The molecule has 2 bridgehead atoms. The van der Waals surface area contributed by atoms with Crippen LogP contribution in [0.4, 0.5) is 4.79 Å². The summed E-state index contributed by atoms with van der Waals surface area (Å²) >= 11 is 0. The van der Waals surface area contributed by atoms with Gasteiger partial charge >= 0.3 is 6.09 Å². The molecular formula is C33H44N2O8S. The van der Waals surface area contributed by atoms with Crippen LogP contribution < -0.4 is 10.1 Å². The van der Waals surface area contributed by atoms with Crippen LogP contribution in [0.25, 0.3) is 0 Å². The lowest BCUT2D eigenvalue weighted by molar-refractivity contribution is -0.0907. The highest BCUT2D eigenvalue weighted by Gasteiger charge is 2.44. The molecular weight excluding hydrogens is 584 g/mol. The van der Waals surface area contributed by atoms with Gasteiger partial charge in [-0.15, -0.1) is 0 Å². The lowest BCUT2D eigenvalue weighted by atomic mass is 10.0. The highest BCUT2D eigenvalue weighted by atomic mass is 32.2. The lowest BCUT2D eigenvalue weighted by Gasteiger charge is -2.30. The first-order chi connectivity index (χ1) is 21.4. The Morgan fingerprint density at radius 2 is 1.80 bits per heavy atom. The molecule has 2 aromatic rings. The Morgan fingerprint density at radius 1 is 1.00 bits per heavy atom. The Bertz CT molecular complexity index is 1340. The first-order valence-electron chi connectivity index (χ1n) is 15.7. The molecule has 5 atom stereocenters. The number of sulfonamides is 1. The van der Waals surface area contributed by atoms with E-state index in [1.807, 2.05) is 30.3 Å². The molecule has 0 spiro atoms. The maximum atomic E-state index is 14.0. The molecule has 5 rings (SSSR count). The summed E-state index contributed by atoms with van der Waals surface area (Å²) in [4.78, 5) is 13.2. The third-order valence-corrected chi connectivity index (χ3v) is 10.2. The molecule has 0 aliphatic carbocycles. The van der Waals surface area contributed by atoms with Crippen molar-refractivity contribution in [3.8, 4) is 5.75 Å². The van der Waals surface area contributed by atoms with E-state index in [4.69, 9.17) is 18.9 Å². The third-order valence-electron chi connectivity index (χ3n) is 8.37. The number of aliphatic hydroxyl groups is 1. The predicted octanol–water partition coefficient (Wildman–Crippen LogP) is 4.43. The smallest absolute Gasteiger partial charge is 0.407 e. The van der Waals surface area contributed by atoms with Gasteiger partial charge in [0.05, 0.1) is 42.8 Å². The second-order valence-electron chi connectivity index (χ2n) is 11.6. The van der Waals surface area contributed by atoms with Crippen LogP contribution in [0.1, 0.15) is 50.5 Å². The molecule has 1 unspecified atom stereocenters. The van der Waals surface area contributed by atoms with E-state index in [0.29, 0.717) is 25.4 Å². The van der Waals surface area contributed by atoms with Crippen molar-refractivity contribution in [2.45, 2.75) is 80.8 Å². The van der Waals surface area contributed by atoms with Crippen LogP contribution in [-0.2, 0) is 30.7 Å². The number of hydrogen-bond acceptors (Lipinski definition) is 8. The zero-order valence-corrected chi connectivity index (χ0v) is 25.9. The summed E-state index contributed by atoms with van der Waals surface area (Å²) in [5, 5.41) is 14.4. The second kappa shape index (κ2) is 15.9. The van der Waals surface area contributed by atoms with Crippen LogP contribution in [0.15, 0.2) is 71.6 Å². The Morgan fingerprint density at radius 3 is 2.61 bits per heavy atom. The van der Waals surface area contributed by atoms with Crippen molar-refractivity contribution < 1.29 is 37.3 Å². The summed E-state index contributed by atoms with van der Waals surface area (Å²) in [6, 6.07) is 15.2. The van der Waals surface area contributed by atoms with Crippen LogP contribution in [0, 0.1) is 5.92 Å². The van der Waals surface area contributed by atoms with E-state index in [1.165, 1.54) is 4.31 Å². The minimum atomic E-state index is -3.98. The molecule has 1 amide bonds. The number of nitrogens with zero attached hydrogens (tertiary/aromatic N) is 1. The number of allylic oxidation sites excluding steroid dienone is 2. The fourth-order valence-electron chi connectivity index (χ4n) is 5.88. The molecule has 10 nitrogen and oxygen atoms in total. The average Bonchev–Trinajstić information content (AvgIpc) is 3.64. The molecule has 3 aliphatic heterocycles. The number of rotatable bonds is 7. The minimum Gasteiger partial charge on any atom is -0.494 e. The first-order valence-corrected chi connectivity index (χ1v) is 17.1. The Hall–Kier alpha value is -2.96. The number of hydrogen-bond donors (Lipinski definition) is 2. The predicted molar refractivity (Wildman–Crippen MR) is 165 cm³/mol. The number of aliphatic hydroxyl groups excluding tert-OH is 1. The van der Waals surface area contributed by atoms with Crippen molar-refractivity contribution >= 4 is 16.1 Å². The number of ether oxygens (including phenoxy) is 4. The van der Waals surface area contributed by atoms with Gasteiger partial charge in [-0.05, 0) is 69.1 Å². The maximum Gasteiger partial charge on any atom is 0.407 e. The molecule has 11 heteroatoms. The van der Waals surface area contributed by atoms with Crippen molar-refractivity contribution in [3.63, 3.8) is 0 Å². The SMILES string of the molecule is O=C(N[C@@H](Cc1ccccc1)[C@H](O)CN1CCCCC=CCCCCOc2cccc(c2)S1(=O)=O)O[C@H]1CO[C@H]2OCCC21. The summed E-state index contributed by atoms with van der Waals surface area (Å²) in [5.74, 6) is 0.467. The summed E-state index contributed by atoms with van der Waals surface area (Å²) in [6.45, 7) is 1.33. The molecule has 0 radical (unpaired) electrons. The van der Waals surface area contributed by atoms with Gasteiger partial charge < -0.3 is 29.4 Å². The second-order valence-corrected chi connectivity index (χ2v) is 13.6. The van der Waals surface area contributed by atoms with Gasteiger partial charge in [-0.2, -0.15) is 4.31 Å². The molecule has 2 aromatic carbocycles. The normalized spacial score (nSPS) is 25.8. The number of carbonyl (C=O) groups excluding carboxylic acids is 1. The van der Waals surface area contributed by atoms with Gasteiger partial charge in [-0.3, -0.25) is 0 Å². The van der Waals surface area contributed by atoms with Gasteiger partial charge in [0.15, 0.2) is 6.29 Å². The monoisotopic (exact) mass is 628 g/mol. The van der Waals surface area contributed by atoms with Crippen molar-refractivity contribution in [1.82, 2.24) is 9.62 Å². The maximum absolute atomic E-state index is 14.0. The fraction of sp³-hybridized carbons (Fsp3) is 0.545. The van der Waals surface area contributed by atoms with Crippen LogP contribution in [0.3, 0.4) is 0 Å². The van der Waals surface area contributed by atoms with Crippen molar-refractivity contribution in [2.75, 3.05) is 32.9 Å². The molecule has 0 aromatic heterocycles. The van der Waals surface area contributed by atoms with E-state index < -0.39 is 34.4 Å². The number of benzene rings is 2. The van der Waals surface area contributed by atoms with E-state index in [2.05, 4.69) is 17.5 Å². The van der Waals surface area contributed by atoms with Crippen LogP contribution >= 0.6 is 0 Å². The zero-order chi connectivity index (χ0) is 30.8. The Kier molecular flexibility index (Phi) is 11.7. The molecule has 2 saturated heterocycles. The summed E-state index contributed by atoms with van der Waals surface area (Å²) in [6.07, 6.45) is 7.79. The minimum absolute atomic E-state index is 0.0255. The third kappa shape index (κ3) is 8.82. The highest BCUT2D eigenvalue weighted by Crippen LogP contribution is 2.33. The number of fused-ring (bicyclic) bond motifs is 3. The zero-order valence-electron chi connectivity index (χ0n) is 25.1. The van der Waals surface area contributed by atoms with Crippen LogP contribution in [-0.4, -0.2) is 81.4 Å². The fourth-order valence-corrected chi connectivity index (χ4v) is 7.41. The highest BCUT2D eigenvalue weighted by molar-refractivity contribution is 7.89. The lowest BCUT2D eigenvalue weighted by Crippen LogP contribution is -2.51. The molecule has 44 heavy (non-hydrogen) atoms. The summed E-state index contributed by atoms with van der Waals surface area (Å²) in [5.41, 5.74) is 0.887. The van der Waals surface area contributed by atoms with Crippen molar-refractivity contribution in [1.29, 1.82) is 0 Å². The number of alkyl carbamates (subject to hydrolysis) is 1. The van der Waals surface area contributed by atoms with E-state index in [9.17, 15) is 18.3 Å². The van der Waals surface area contributed by atoms with Gasteiger partial charge in [0, 0.05) is 19.2 Å². The van der Waals surface area contributed by atoms with Crippen LogP contribution in [0.2, 0.25) is 0 Å². The van der Waals surface area contributed by atoms with Gasteiger partial charge in [-0.25, -0.2) is 13.2 Å². The molecule has 2 fully saturated rings. The number of β-amino-alcohol motifs (C(OH)–C–C–N with tert-alkyl or cyclic N) is 1. The van der Waals surface area contributed by atoms with Crippen molar-refractivity contribution in [2.24, 2.45) is 5.92 Å². The standard InChI is InChI=1S/C33H44N2O8S/c36-30(29(21-25-13-8-7-9-14-25)34-33(37)43-31-24-42-32-28(31)17-20-41-32)23-35-18-10-5-3-1-2-4-6-11-19-40-26-15-12-16-27(22-26)44(35,38)39/h1-2,7-9,12-16,22,28-32,36H,3-6,10-11,17-21,23-24H2,(H,34,37)/t28?,29-,30+,31-,32+/m0/s1. The molecule has 0 saturated carbocycles. The topological polar surface area (TPSA) is 124 Å². The van der Waals surface area contributed by atoms with Gasteiger partial charge in [0.25, 0.3) is 0 Å². The van der Waals surface area contributed by atoms with E-state index >= 15 is 0 Å². The molecule has 3 aliphatic rings. The molecule has 2 N–H and O–H groups in total. The van der Waals surface area contributed by atoms with E-state index in [0.717, 1.165) is 44.1 Å². The summed E-state index contributed by atoms with van der Waals surface area (Å²) in [7, 11) is -3.98. The number of nitrogens with one attached hydrogen (secondary N) is 1.